The molecule has 7 heteroatoms. The number of alkyl halides is 1. The Bertz CT molecular complexity index is 482. The maximum atomic E-state index is 11.4. The summed E-state index contributed by atoms with van der Waals surface area (Å²) in [4.78, 5) is 11.4. The van der Waals surface area contributed by atoms with Crippen LogP contribution in [0.5, 0.6) is 0 Å². The number of halogens is 1. The molecular formula is C14H19ClO6. The normalized spacial score (nSPS) is 47.7. The second kappa shape index (κ2) is 4.93. The van der Waals surface area contributed by atoms with E-state index < -0.39 is 41.8 Å². The van der Waals surface area contributed by atoms with Crippen molar-refractivity contribution < 1.29 is 28.8 Å². The molecule has 0 unspecified atom stereocenters. The van der Waals surface area contributed by atoms with E-state index >= 15 is 0 Å². The number of hydrogen-bond donors (Lipinski definition) is 1. The SMILES string of the molecule is C=C1[C@H]2O[C@@H](OCC)[C@@H]3[C@](CCl)(O2)[C@@H](OC(C)=O)C[C@]13O. The first kappa shape index (κ1) is 15.2. The summed E-state index contributed by atoms with van der Waals surface area (Å²) in [6.45, 7) is 7.46. The van der Waals surface area contributed by atoms with E-state index in [9.17, 15) is 9.90 Å². The monoisotopic (exact) mass is 318 g/mol. The molecule has 0 aromatic heterocycles. The maximum absolute atomic E-state index is 11.4. The van der Waals surface area contributed by atoms with Gasteiger partial charge in [0.1, 0.15) is 17.3 Å². The fourth-order valence-electron chi connectivity index (χ4n) is 3.75. The molecule has 4 fully saturated rings. The summed E-state index contributed by atoms with van der Waals surface area (Å²) in [5.74, 6) is -0.960. The maximum Gasteiger partial charge on any atom is 0.303 e. The van der Waals surface area contributed by atoms with Crippen molar-refractivity contribution in [3.63, 3.8) is 0 Å². The van der Waals surface area contributed by atoms with Crippen LogP contribution in [-0.2, 0) is 23.7 Å². The first-order chi connectivity index (χ1) is 9.89. The van der Waals surface area contributed by atoms with Crippen molar-refractivity contribution in [3.05, 3.63) is 12.2 Å². The highest BCUT2D eigenvalue weighted by atomic mass is 35.5. The van der Waals surface area contributed by atoms with Crippen LogP contribution in [-0.4, -0.2) is 53.4 Å². The molecule has 0 aromatic rings. The molecule has 4 bridgehead atoms. The zero-order valence-corrected chi connectivity index (χ0v) is 12.8. The van der Waals surface area contributed by atoms with Gasteiger partial charge in [-0.15, -0.1) is 11.6 Å². The van der Waals surface area contributed by atoms with Gasteiger partial charge in [0.05, 0.1) is 11.8 Å². The van der Waals surface area contributed by atoms with E-state index in [4.69, 9.17) is 30.5 Å². The molecule has 1 aliphatic carbocycles. The zero-order valence-electron chi connectivity index (χ0n) is 12.0. The van der Waals surface area contributed by atoms with Crippen molar-refractivity contribution in [2.24, 2.45) is 5.92 Å². The first-order valence-corrected chi connectivity index (χ1v) is 7.52. The molecule has 3 heterocycles. The van der Waals surface area contributed by atoms with Gasteiger partial charge in [0, 0.05) is 25.5 Å². The number of rotatable bonds is 4. The van der Waals surface area contributed by atoms with Crippen LogP contribution in [0.4, 0.5) is 0 Å². The Morgan fingerprint density at radius 2 is 2.33 bits per heavy atom. The van der Waals surface area contributed by atoms with Crippen LogP contribution >= 0.6 is 11.6 Å². The van der Waals surface area contributed by atoms with Crippen molar-refractivity contribution in [1.82, 2.24) is 0 Å². The highest BCUT2D eigenvalue weighted by Crippen LogP contribution is 2.61. The topological polar surface area (TPSA) is 74.2 Å². The van der Waals surface area contributed by atoms with E-state index in [1.165, 1.54) is 6.92 Å². The summed E-state index contributed by atoms with van der Waals surface area (Å²) >= 11 is 6.14. The fraction of sp³-hybridized carbons (Fsp3) is 0.786. The molecule has 3 saturated heterocycles. The Kier molecular flexibility index (Phi) is 3.58. The van der Waals surface area contributed by atoms with Gasteiger partial charge in [0.15, 0.2) is 12.6 Å². The molecule has 1 N–H and O–H groups in total. The van der Waals surface area contributed by atoms with Crippen molar-refractivity contribution >= 4 is 17.6 Å². The van der Waals surface area contributed by atoms with E-state index in [1.807, 2.05) is 6.92 Å². The Hall–Kier alpha value is -0.660. The van der Waals surface area contributed by atoms with Crippen molar-refractivity contribution in [2.75, 3.05) is 12.5 Å². The summed E-state index contributed by atoms with van der Waals surface area (Å²) in [5, 5.41) is 11.1. The van der Waals surface area contributed by atoms with Crippen molar-refractivity contribution in [1.29, 1.82) is 0 Å². The molecule has 1 saturated carbocycles. The predicted molar refractivity (Wildman–Crippen MR) is 72.6 cm³/mol. The molecule has 4 aliphatic rings. The Labute approximate surface area is 127 Å². The Balaban J connectivity index is 2.04. The van der Waals surface area contributed by atoms with Gasteiger partial charge in [-0.25, -0.2) is 0 Å². The van der Waals surface area contributed by atoms with Gasteiger partial charge < -0.3 is 24.1 Å². The minimum Gasteiger partial charge on any atom is -0.459 e. The predicted octanol–water partition coefficient (Wildman–Crippen LogP) is 0.952. The molecule has 0 aromatic carbocycles. The van der Waals surface area contributed by atoms with E-state index in [-0.39, 0.29) is 12.3 Å². The fourth-order valence-corrected chi connectivity index (χ4v) is 4.15. The molecule has 21 heavy (non-hydrogen) atoms. The number of aliphatic hydroxyl groups is 1. The van der Waals surface area contributed by atoms with Gasteiger partial charge in [0.2, 0.25) is 0 Å². The lowest BCUT2D eigenvalue weighted by atomic mass is 9.74. The first-order valence-electron chi connectivity index (χ1n) is 6.98. The van der Waals surface area contributed by atoms with Crippen LogP contribution in [0.2, 0.25) is 0 Å². The van der Waals surface area contributed by atoms with Gasteiger partial charge in [-0.05, 0) is 6.92 Å². The molecule has 0 radical (unpaired) electrons. The third kappa shape index (κ3) is 1.90. The number of carbonyl (C=O) groups excluding carboxylic acids is 1. The molecule has 118 valence electrons. The molecule has 0 spiro atoms. The third-order valence-corrected chi connectivity index (χ3v) is 5.05. The summed E-state index contributed by atoms with van der Waals surface area (Å²) in [7, 11) is 0. The van der Waals surface area contributed by atoms with E-state index in [0.29, 0.717) is 12.2 Å². The standard InChI is InChI=1S/C14H19ClO6/c1-4-18-12-10-13(17)5-9(19-8(3)16)14(10,6-15)21-11(20-12)7(13)2/h9-12,17H,2,4-6H2,1,3H3/t9-,10-,11-,12+,13-,14+/m0/s1. The van der Waals surface area contributed by atoms with Crippen LogP contribution in [0.1, 0.15) is 20.3 Å². The highest BCUT2D eigenvalue weighted by Gasteiger charge is 2.75. The van der Waals surface area contributed by atoms with Gasteiger partial charge in [0.25, 0.3) is 0 Å². The second-order valence-electron chi connectivity index (χ2n) is 5.73. The molecule has 6 nitrogen and oxygen atoms in total. The lowest BCUT2D eigenvalue weighted by Gasteiger charge is -2.56. The average Bonchev–Trinajstić information content (AvgIpc) is 2.64. The quantitative estimate of drug-likeness (QED) is 0.473. The van der Waals surface area contributed by atoms with Crippen LogP contribution < -0.4 is 0 Å². The third-order valence-electron chi connectivity index (χ3n) is 4.63. The molecular weight excluding hydrogens is 300 g/mol. The number of esters is 1. The number of ether oxygens (including phenoxy) is 4. The van der Waals surface area contributed by atoms with Crippen molar-refractivity contribution in [3.8, 4) is 0 Å². The summed E-state index contributed by atoms with van der Waals surface area (Å²) in [5.41, 5.74) is -1.86. The van der Waals surface area contributed by atoms with Crippen LogP contribution in [0.15, 0.2) is 12.2 Å². The minimum atomic E-state index is -1.27. The van der Waals surface area contributed by atoms with Crippen LogP contribution in [0.3, 0.4) is 0 Å². The lowest BCUT2D eigenvalue weighted by molar-refractivity contribution is -0.388. The molecule has 4 rings (SSSR count). The molecule has 0 amide bonds. The van der Waals surface area contributed by atoms with Crippen LogP contribution in [0, 0.1) is 5.92 Å². The minimum absolute atomic E-state index is 0.0641. The van der Waals surface area contributed by atoms with Gasteiger partial charge in [-0.2, -0.15) is 0 Å². The summed E-state index contributed by atoms with van der Waals surface area (Å²) < 4.78 is 22.5. The number of fused-ring (bicyclic) bond motifs is 1. The Morgan fingerprint density at radius 3 is 2.90 bits per heavy atom. The van der Waals surface area contributed by atoms with E-state index in [0.717, 1.165) is 0 Å². The van der Waals surface area contributed by atoms with Gasteiger partial charge in [-0.1, -0.05) is 6.58 Å². The highest BCUT2D eigenvalue weighted by molar-refractivity contribution is 6.18. The second-order valence-corrected chi connectivity index (χ2v) is 5.99. The molecule has 3 aliphatic heterocycles. The summed E-state index contributed by atoms with van der Waals surface area (Å²) in [6, 6.07) is 0. The van der Waals surface area contributed by atoms with Gasteiger partial charge in [-0.3, -0.25) is 4.79 Å². The average molecular weight is 319 g/mol. The smallest absolute Gasteiger partial charge is 0.303 e. The Morgan fingerprint density at radius 1 is 1.62 bits per heavy atom. The zero-order chi connectivity index (χ0) is 15.4. The van der Waals surface area contributed by atoms with E-state index in [2.05, 4.69) is 6.58 Å². The van der Waals surface area contributed by atoms with E-state index in [1.54, 1.807) is 0 Å². The number of hydrogen-bond acceptors (Lipinski definition) is 6. The molecule has 6 atom stereocenters. The lowest BCUT2D eigenvalue weighted by Crippen LogP contribution is -2.69. The largest absolute Gasteiger partial charge is 0.459 e. The number of carbonyl (C=O) groups is 1. The van der Waals surface area contributed by atoms with Crippen molar-refractivity contribution in [2.45, 2.75) is 50.2 Å². The van der Waals surface area contributed by atoms with Crippen LogP contribution in [0.25, 0.3) is 0 Å². The summed E-state index contributed by atoms with van der Waals surface area (Å²) in [6.07, 6.45) is -1.94. The van der Waals surface area contributed by atoms with Gasteiger partial charge >= 0.3 is 5.97 Å².